The third-order valence-corrected chi connectivity index (χ3v) is 5.35. The molecular formula is C20H16N2O5. The maximum Gasteiger partial charge on any atom is 0.272 e. The molecule has 1 saturated carbocycles. The Bertz CT molecular complexity index is 956. The Morgan fingerprint density at radius 2 is 1.48 bits per heavy atom. The summed E-state index contributed by atoms with van der Waals surface area (Å²) in [5.74, 6) is -3.18. The normalized spacial score (nSPS) is 24.8. The molecule has 3 atom stereocenters. The summed E-state index contributed by atoms with van der Waals surface area (Å²) in [5, 5.41) is 11.4. The molecule has 0 aromatic heterocycles. The number of Topliss-reactive ketones (excluding diaryl/α,β-unsaturated/α-hetero) is 1. The highest BCUT2D eigenvalue weighted by Crippen LogP contribution is 2.48. The van der Waals surface area contributed by atoms with E-state index in [-0.39, 0.29) is 24.3 Å². The van der Waals surface area contributed by atoms with Gasteiger partial charge in [0, 0.05) is 30.4 Å². The predicted molar refractivity (Wildman–Crippen MR) is 96.0 cm³/mol. The van der Waals surface area contributed by atoms with Crippen LogP contribution in [0.5, 0.6) is 0 Å². The Morgan fingerprint density at radius 1 is 0.852 bits per heavy atom. The van der Waals surface area contributed by atoms with Crippen molar-refractivity contribution in [1.29, 1.82) is 0 Å². The number of anilines is 1. The minimum atomic E-state index is -0.774. The largest absolute Gasteiger partial charge is 0.300 e. The van der Waals surface area contributed by atoms with Crippen LogP contribution in [0.4, 0.5) is 11.4 Å². The molecule has 2 aromatic carbocycles. The van der Waals surface area contributed by atoms with Crippen LogP contribution in [0.1, 0.15) is 24.3 Å². The lowest BCUT2D eigenvalue weighted by Crippen LogP contribution is -2.34. The first-order chi connectivity index (χ1) is 13.0. The van der Waals surface area contributed by atoms with E-state index in [0.29, 0.717) is 11.3 Å². The standard InChI is InChI=1S/C20H16N2O5/c23-13-10-15(14-8-4-5-9-17(14)22(26)27)18-16(11-13)19(24)21(20(18)25)12-6-2-1-3-7-12/h1-9,15-16,18H,10-11H2/t15-,16-,18+/m1/s1. The number of nitrogens with zero attached hydrogens (tertiary/aromatic N) is 2. The van der Waals surface area contributed by atoms with Crippen LogP contribution in [0.2, 0.25) is 0 Å². The van der Waals surface area contributed by atoms with Crippen molar-refractivity contribution in [3.05, 3.63) is 70.3 Å². The smallest absolute Gasteiger partial charge is 0.272 e. The van der Waals surface area contributed by atoms with Crippen LogP contribution in [0.25, 0.3) is 0 Å². The van der Waals surface area contributed by atoms with Crippen molar-refractivity contribution in [2.24, 2.45) is 11.8 Å². The first-order valence-corrected chi connectivity index (χ1v) is 8.67. The van der Waals surface area contributed by atoms with Crippen molar-refractivity contribution in [2.75, 3.05) is 4.90 Å². The number of amides is 2. The van der Waals surface area contributed by atoms with Crippen LogP contribution in [0.3, 0.4) is 0 Å². The van der Waals surface area contributed by atoms with Gasteiger partial charge in [0.25, 0.3) is 5.69 Å². The number of benzene rings is 2. The van der Waals surface area contributed by atoms with Crippen LogP contribution in [0, 0.1) is 22.0 Å². The lowest BCUT2D eigenvalue weighted by Gasteiger charge is -2.29. The number of carbonyl (C=O) groups excluding carboxylic acids is 3. The molecule has 2 aromatic rings. The van der Waals surface area contributed by atoms with Crippen LogP contribution in [0.15, 0.2) is 54.6 Å². The number of rotatable bonds is 3. The number of hydrogen-bond donors (Lipinski definition) is 0. The van der Waals surface area contributed by atoms with E-state index in [1.165, 1.54) is 6.07 Å². The summed E-state index contributed by atoms with van der Waals surface area (Å²) in [6, 6.07) is 14.7. The van der Waals surface area contributed by atoms with E-state index in [4.69, 9.17) is 0 Å². The molecule has 0 spiro atoms. The van der Waals surface area contributed by atoms with Gasteiger partial charge in [-0.15, -0.1) is 0 Å². The highest BCUT2D eigenvalue weighted by molar-refractivity contribution is 6.23. The second-order valence-electron chi connectivity index (χ2n) is 6.85. The number of ketones is 1. The number of fused-ring (bicyclic) bond motifs is 1. The lowest BCUT2D eigenvalue weighted by molar-refractivity contribution is -0.385. The molecule has 2 aliphatic rings. The Kier molecular flexibility index (Phi) is 4.07. The molecule has 0 radical (unpaired) electrons. The number of imide groups is 1. The van der Waals surface area contributed by atoms with Crippen LogP contribution >= 0.6 is 0 Å². The molecule has 0 unspecified atom stereocenters. The van der Waals surface area contributed by atoms with E-state index in [0.717, 1.165) is 4.90 Å². The van der Waals surface area contributed by atoms with Gasteiger partial charge in [0.1, 0.15) is 5.78 Å². The number of carbonyl (C=O) groups is 3. The maximum atomic E-state index is 13.1. The number of nitro groups is 1. The molecule has 136 valence electrons. The third-order valence-electron chi connectivity index (χ3n) is 5.35. The second kappa shape index (κ2) is 6.42. The molecule has 1 aliphatic heterocycles. The highest BCUT2D eigenvalue weighted by atomic mass is 16.6. The molecule has 2 fully saturated rings. The molecule has 27 heavy (non-hydrogen) atoms. The van der Waals surface area contributed by atoms with Gasteiger partial charge in [-0.05, 0) is 12.1 Å². The Balaban J connectivity index is 1.80. The summed E-state index contributed by atoms with van der Waals surface area (Å²) in [7, 11) is 0. The summed E-state index contributed by atoms with van der Waals surface area (Å²) in [4.78, 5) is 50.4. The fraction of sp³-hybridized carbons (Fsp3) is 0.250. The van der Waals surface area contributed by atoms with Gasteiger partial charge in [0.15, 0.2) is 0 Å². The van der Waals surface area contributed by atoms with E-state index in [1.807, 2.05) is 0 Å². The SMILES string of the molecule is O=C1C[C@H](c2ccccc2[N+](=O)[O-])[C@@H]2C(=O)N(c3ccccc3)C(=O)[C@@H]2C1. The van der Waals surface area contributed by atoms with E-state index >= 15 is 0 Å². The van der Waals surface area contributed by atoms with Crippen molar-refractivity contribution in [1.82, 2.24) is 0 Å². The molecule has 1 heterocycles. The zero-order valence-corrected chi connectivity index (χ0v) is 14.3. The Hall–Kier alpha value is -3.35. The second-order valence-corrected chi connectivity index (χ2v) is 6.85. The first-order valence-electron chi connectivity index (χ1n) is 8.67. The summed E-state index contributed by atoms with van der Waals surface area (Å²) in [6.07, 6.45) is 0.0172. The van der Waals surface area contributed by atoms with Crippen molar-refractivity contribution in [2.45, 2.75) is 18.8 Å². The molecule has 4 rings (SSSR count). The summed E-state index contributed by atoms with van der Waals surface area (Å²) >= 11 is 0. The van der Waals surface area contributed by atoms with Gasteiger partial charge < -0.3 is 0 Å². The zero-order chi connectivity index (χ0) is 19.1. The van der Waals surface area contributed by atoms with E-state index in [9.17, 15) is 24.5 Å². The third kappa shape index (κ3) is 2.71. The topological polar surface area (TPSA) is 97.6 Å². The lowest BCUT2D eigenvalue weighted by atomic mass is 9.69. The summed E-state index contributed by atoms with van der Waals surface area (Å²) in [6.45, 7) is 0. The molecule has 0 N–H and O–H groups in total. The maximum absolute atomic E-state index is 13.1. The van der Waals surface area contributed by atoms with Crippen molar-refractivity contribution >= 4 is 29.0 Å². The molecule has 1 saturated heterocycles. The van der Waals surface area contributed by atoms with Crippen LogP contribution in [-0.2, 0) is 14.4 Å². The quantitative estimate of drug-likeness (QED) is 0.474. The zero-order valence-electron chi connectivity index (χ0n) is 14.3. The highest BCUT2D eigenvalue weighted by Gasteiger charge is 2.55. The molecule has 7 heteroatoms. The molecule has 2 amide bonds. The monoisotopic (exact) mass is 364 g/mol. The fourth-order valence-electron chi connectivity index (χ4n) is 4.22. The van der Waals surface area contributed by atoms with Gasteiger partial charge in [0.05, 0.1) is 22.4 Å². The Labute approximate surface area is 154 Å². The van der Waals surface area contributed by atoms with Gasteiger partial charge >= 0.3 is 0 Å². The van der Waals surface area contributed by atoms with Gasteiger partial charge in [0.2, 0.25) is 11.8 Å². The minimum absolute atomic E-state index is 0.00426. The molecule has 0 bridgehead atoms. The average molecular weight is 364 g/mol. The van der Waals surface area contributed by atoms with Gasteiger partial charge in [-0.3, -0.25) is 29.4 Å². The molecular weight excluding hydrogens is 348 g/mol. The van der Waals surface area contributed by atoms with E-state index < -0.39 is 34.5 Å². The minimum Gasteiger partial charge on any atom is -0.300 e. The number of nitro benzene ring substituents is 1. The van der Waals surface area contributed by atoms with Gasteiger partial charge in [-0.2, -0.15) is 0 Å². The van der Waals surface area contributed by atoms with Crippen LogP contribution in [-0.4, -0.2) is 22.5 Å². The molecule has 7 nitrogen and oxygen atoms in total. The van der Waals surface area contributed by atoms with Crippen molar-refractivity contribution in [3.8, 4) is 0 Å². The fourth-order valence-corrected chi connectivity index (χ4v) is 4.22. The number of hydrogen-bond acceptors (Lipinski definition) is 5. The molecule has 1 aliphatic carbocycles. The Morgan fingerprint density at radius 3 is 2.19 bits per heavy atom. The van der Waals surface area contributed by atoms with Crippen molar-refractivity contribution in [3.63, 3.8) is 0 Å². The first kappa shape index (κ1) is 17.1. The van der Waals surface area contributed by atoms with Crippen LogP contribution < -0.4 is 4.90 Å². The predicted octanol–water partition coefficient (Wildman–Crippen LogP) is 2.85. The summed E-state index contributed by atoms with van der Waals surface area (Å²) < 4.78 is 0. The van der Waals surface area contributed by atoms with Gasteiger partial charge in [-0.25, -0.2) is 0 Å². The van der Waals surface area contributed by atoms with Crippen molar-refractivity contribution < 1.29 is 19.3 Å². The number of para-hydroxylation sites is 2. The summed E-state index contributed by atoms with van der Waals surface area (Å²) in [5.41, 5.74) is 0.659. The van der Waals surface area contributed by atoms with E-state index in [1.54, 1.807) is 48.5 Å². The van der Waals surface area contributed by atoms with Gasteiger partial charge in [-0.1, -0.05) is 36.4 Å². The van der Waals surface area contributed by atoms with E-state index in [2.05, 4.69) is 0 Å². The average Bonchev–Trinajstić information content (AvgIpc) is 2.92.